The van der Waals surface area contributed by atoms with Gasteiger partial charge in [-0.05, 0) is 42.5 Å². The van der Waals surface area contributed by atoms with Crippen LogP contribution in [0.15, 0.2) is 42.5 Å². The molecule has 0 spiro atoms. The number of aromatic hydroxyl groups is 1. The number of ketones is 2. The summed E-state index contributed by atoms with van der Waals surface area (Å²) in [6, 6.07) is 11.5. The van der Waals surface area contributed by atoms with Crippen molar-refractivity contribution in [2.24, 2.45) is 0 Å². The number of nitrogens with zero attached hydrogens (tertiary/aromatic N) is 1. The number of carbonyl (C=O) groups excluding carboxylic acids is 2. The first kappa shape index (κ1) is 14.3. The van der Waals surface area contributed by atoms with Crippen molar-refractivity contribution in [1.29, 1.82) is 5.26 Å². The Hall–Kier alpha value is -3.13. The number of phenolic OH excluding ortho intramolecular Hbond substituents is 1. The molecule has 0 radical (unpaired) electrons. The van der Waals surface area contributed by atoms with Crippen molar-refractivity contribution in [1.82, 2.24) is 0 Å². The lowest BCUT2D eigenvalue weighted by Gasteiger charge is -2.05. The molecule has 0 aliphatic heterocycles. The fraction of sp³-hybridized carbons (Fsp3) is 0.0625. The molecule has 0 saturated carbocycles. The van der Waals surface area contributed by atoms with Crippen molar-refractivity contribution >= 4 is 11.6 Å². The fourth-order valence-electron chi connectivity index (χ4n) is 1.81. The minimum absolute atomic E-state index is 0.00946. The van der Waals surface area contributed by atoms with Crippen LogP contribution in [0.25, 0.3) is 0 Å². The van der Waals surface area contributed by atoms with Gasteiger partial charge in [-0.1, -0.05) is 0 Å². The van der Waals surface area contributed by atoms with E-state index in [1.165, 1.54) is 49.6 Å². The van der Waals surface area contributed by atoms with Crippen LogP contribution in [0.5, 0.6) is 11.5 Å². The first-order valence-electron chi connectivity index (χ1n) is 6.03. The van der Waals surface area contributed by atoms with Crippen LogP contribution in [0.4, 0.5) is 0 Å². The Morgan fingerprint density at radius 2 is 1.62 bits per heavy atom. The Kier molecular flexibility index (Phi) is 4.00. The van der Waals surface area contributed by atoms with Gasteiger partial charge >= 0.3 is 0 Å². The van der Waals surface area contributed by atoms with E-state index in [0.717, 1.165) is 0 Å². The topological polar surface area (TPSA) is 87.4 Å². The fourth-order valence-corrected chi connectivity index (χ4v) is 1.81. The summed E-state index contributed by atoms with van der Waals surface area (Å²) < 4.78 is 4.98. The Bertz CT molecular complexity index is 742. The third kappa shape index (κ3) is 2.90. The maximum absolute atomic E-state index is 12.1. The summed E-state index contributed by atoms with van der Waals surface area (Å²) in [7, 11) is 1.42. The lowest BCUT2D eigenvalue weighted by Crippen LogP contribution is -2.14. The van der Waals surface area contributed by atoms with E-state index < -0.39 is 11.6 Å². The zero-order valence-corrected chi connectivity index (χ0v) is 11.2. The molecule has 0 aliphatic carbocycles. The Morgan fingerprint density at radius 3 is 2.19 bits per heavy atom. The molecule has 0 bridgehead atoms. The number of ether oxygens (including phenoxy) is 1. The lowest BCUT2D eigenvalue weighted by atomic mass is 10.00. The summed E-state index contributed by atoms with van der Waals surface area (Å²) in [5.41, 5.74) is 0.472. The van der Waals surface area contributed by atoms with Crippen LogP contribution < -0.4 is 4.74 Å². The first-order chi connectivity index (χ1) is 10.1. The Balaban J connectivity index is 2.34. The molecular weight excluding hydrogens is 270 g/mol. The average molecular weight is 281 g/mol. The van der Waals surface area contributed by atoms with E-state index in [9.17, 15) is 14.7 Å². The number of phenols is 1. The van der Waals surface area contributed by atoms with Gasteiger partial charge in [0.05, 0.1) is 12.7 Å². The molecule has 0 aliphatic rings. The molecule has 1 N–H and O–H groups in total. The third-order valence-electron chi connectivity index (χ3n) is 2.92. The number of methoxy groups -OCH3 is 1. The second-order valence-electron chi connectivity index (χ2n) is 4.23. The molecule has 0 unspecified atom stereocenters. The van der Waals surface area contributed by atoms with Gasteiger partial charge in [0, 0.05) is 11.1 Å². The van der Waals surface area contributed by atoms with E-state index in [0.29, 0.717) is 5.75 Å². The van der Waals surface area contributed by atoms with Gasteiger partial charge in [-0.25, -0.2) is 0 Å². The molecule has 0 atom stereocenters. The third-order valence-corrected chi connectivity index (χ3v) is 2.92. The van der Waals surface area contributed by atoms with Gasteiger partial charge in [0.25, 0.3) is 0 Å². The maximum atomic E-state index is 12.1. The van der Waals surface area contributed by atoms with Crippen LogP contribution in [0, 0.1) is 11.3 Å². The summed E-state index contributed by atoms with van der Waals surface area (Å²) in [4.78, 5) is 24.2. The normalized spacial score (nSPS) is 9.71. The molecule has 0 saturated heterocycles. The maximum Gasteiger partial charge on any atom is 0.233 e. The van der Waals surface area contributed by atoms with Crippen LogP contribution in [0.3, 0.4) is 0 Å². The molecule has 0 amide bonds. The number of benzene rings is 2. The van der Waals surface area contributed by atoms with E-state index in [-0.39, 0.29) is 22.4 Å². The molecule has 0 fully saturated rings. The van der Waals surface area contributed by atoms with Crippen molar-refractivity contribution in [2.45, 2.75) is 0 Å². The van der Waals surface area contributed by atoms with Crippen LogP contribution in [0.2, 0.25) is 0 Å². The number of carbonyl (C=O) groups is 2. The van der Waals surface area contributed by atoms with Gasteiger partial charge in [-0.2, -0.15) is 5.26 Å². The van der Waals surface area contributed by atoms with Gasteiger partial charge in [0.1, 0.15) is 17.6 Å². The number of nitriles is 1. The van der Waals surface area contributed by atoms with E-state index in [4.69, 9.17) is 10.00 Å². The largest absolute Gasteiger partial charge is 0.508 e. The molecule has 2 aromatic rings. The highest BCUT2D eigenvalue weighted by atomic mass is 16.5. The van der Waals surface area contributed by atoms with Gasteiger partial charge in [0.15, 0.2) is 0 Å². The second-order valence-corrected chi connectivity index (χ2v) is 4.23. The van der Waals surface area contributed by atoms with Gasteiger partial charge in [0.2, 0.25) is 11.6 Å². The van der Waals surface area contributed by atoms with Gasteiger partial charge in [-0.15, -0.1) is 0 Å². The minimum atomic E-state index is -0.722. The van der Waals surface area contributed by atoms with Gasteiger partial charge < -0.3 is 9.84 Å². The zero-order valence-electron chi connectivity index (χ0n) is 11.2. The molecule has 21 heavy (non-hydrogen) atoms. The summed E-state index contributed by atoms with van der Waals surface area (Å²) in [5.74, 6) is -1.08. The summed E-state index contributed by atoms with van der Waals surface area (Å²) >= 11 is 0. The van der Waals surface area contributed by atoms with Crippen LogP contribution in [-0.2, 0) is 0 Å². The van der Waals surface area contributed by atoms with E-state index >= 15 is 0 Å². The van der Waals surface area contributed by atoms with Crippen molar-refractivity contribution < 1.29 is 19.4 Å². The average Bonchev–Trinajstić information content (AvgIpc) is 2.53. The molecule has 5 nitrogen and oxygen atoms in total. The van der Waals surface area contributed by atoms with Crippen molar-refractivity contribution in [2.75, 3.05) is 7.11 Å². The predicted molar refractivity (Wildman–Crippen MR) is 74.5 cm³/mol. The standard InChI is InChI=1S/C16H11NO4/c1-21-14-7-4-11(8-12(14)9-17)16(20)15(19)10-2-5-13(18)6-3-10/h2-8,18H,1H3. The summed E-state index contributed by atoms with van der Waals surface area (Å²) in [6.45, 7) is 0. The number of rotatable bonds is 4. The smallest absolute Gasteiger partial charge is 0.233 e. The molecule has 2 aromatic carbocycles. The van der Waals surface area contributed by atoms with Crippen molar-refractivity contribution in [3.8, 4) is 17.6 Å². The highest BCUT2D eigenvalue weighted by molar-refractivity contribution is 6.49. The monoisotopic (exact) mass is 281 g/mol. The number of hydrogen-bond acceptors (Lipinski definition) is 5. The first-order valence-corrected chi connectivity index (χ1v) is 6.03. The minimum Gasteiger partial charge on any atom is -0.508 e. The van der Waals surface area contributed by atoms with Crippen LogP contribution in [0.1, 0.15) is 26.3 Å². The molecule has 2 rings (SSSR count). The second kappa shape index (κ2) is 5.88. The molecule has 0 aromatic heterocycles. The highest BCUT2D eigenvalue weighted by Gasteiger charge is 2.19. The Labute approximate surface area is 121 Å². The van der Waals surface area contributed by atoms with E-state index in [2.05, 4.69) is 0 Å². The molecule has 5 heteroatoms. The molecular formula is C16H11NO4. The summed E-state index contributed by atoms with van der Waals surface area (Å²) in [5, 5.41) is 18.2. The quantitative estimate of drug-likeness (QED) is 0.686. The number of hydrogen-bond donors (Lipinski definition) is 1. The molecule has 0 heterocycles. The number of Topliss-reactive ketones (excluding diaryl/α,β-unsaturated/α-hetero) is 2. The van der Waals surface area contributed by atoms with Gasteiger partial charge in [-0.3, -0.25) is 9.59 Å². The Morgan fingerprint density at radius 1 is 1.05 bits per heavy atom. The SMILES string of the molecule is COc1ccc(C(=O)C(=O)c2ccc(O)cc2)cc1C#N. The zero-order chi connectivity index (χ0) is 15.4. The highest BCUT2D eigenvalue weighted by Crippen LogP contribution is 2.20. The van der Waals surface area contributed by atoms with E-state index in [1.54, 1.807) is 0 Å². The van der Waals surface area contributed by atoms with Crippen molar-refractivity contribution in [3.63, 3.8) is 0 Å². The van der Waals surface area contributed by atoms with Crippen LogP contribution in [-0.4, -0.2) is 23.8 Å². The summed E-state index contributed by atoms with van der Waals surface area (Å²) in [6.07, 6.45) is 0. The predicted octanol–water partition coefficient (Wildman–Crippen LogP) is 2.34. The molecule has 104 valence electrons. The lowest BCUT2D eigenvalue weighted by molar-refractivity contribution is 0.0817. The van der Waals surface area contributed by atoms with Crippen molar-refractivity contribution in [3.05, 3.63) is 59.2 Å². The van der Waals surface area contributed by atoms with Crippen LogP contribution >= 0.6 is 0 Å². The van der Waals surface area contributed by atoms with E-state index in [1.807, 2.05) is 6.07 Å².